The molecule has 1 aromatic rings. The fraction of sp³-hybridized carbons (Fsp3) is 0.500. The van der Waals surface area contributed by atoms with Crippen molar-refractivity contribution in [3.05, 3.63) is 27.0 Å². The van der Waals surface area contributed by atoms with E-state index in [1.165, 1.54) is 0 Å². The second kappa shape index (κ2) is 4.61. The molecular formula is C12H12Cl2N2. The zero-order valence-corrected chi connectivity index (χ0v) is 10.6. The molecule has 1 aromatic heterocycles. The van der Waals surface area contributed by atoms with Crippen LogP contribution in [0.2, 0.25) is 10.3 Å². The van der Waals surface area contributed by atoms with Crippen molar-refractivity contribution in [2.75, 3.05) is 0 Å². The van der Waals surface area contributed by atoms with Crippen LogP contribution in [0.5, 0.6) is 0 Å². The number of aromatic nitrogens is 1. The van der Waals surface area contributed by atoms with Crippen LogP contribution in [0.3, 0.4) is 0 Å². The largest absolute Gasteiger partial charge is 0.223 e. The predicted molar refractivity (Wildman–Crippen MR) is 64.8 cm³/mol. The fourth-order valence-corrected chi connectivity index (χ4v) is 2.86. The van der Waals surface area contributed by atoms with Gasteiger partial charge in [0.05, 0.1) is 5.56 Å². The summed E-state index contributed by atoms with van der Waals surface area (Å²) >= 11 is 12.0. The molecule has 1 aliphatic rings. The fourth-order valence-electron chi connectivity index (χ4n) is 2.28. The van der Waals surface area contributed by atoms with Crippen LogP contribution in [0.1, 0.15) is 36.5 Å². The highest BCUT2D eigenvalue weighted by Gasteiger charge is 2.22. The minimum Gasteiger partial charge on any atom is -0.223 e. The van der Waals surface area contributed by atoms with E-state index in [0.717, 1.165) is 36.8 Å². The molecule has 0 radical (unpaired) electrons. The molecule has 1 atom stereocenters. The van der Waals surface area contributed by atoms with Crippen LogP contribution in [0.25, 0.3) is 0 Å². The highest BCUT2D eigenvalue weighted by Crippen LogP contribution is 2.33. The topological polar surface area (TPSA) is 36.7 Å². The van der Waals surface area contributed by atoms with Gasteiger partial charge in [0, 0.05) is 0 Å². The number of nitrogens with zero attached hydrogens (tertiary/aromatic N) is 2. The van der Waals surface area contributed by atoms with Crippen LogP contribution in [0.4, 0.5) is 0 Å². The van der Waals surface area contributed by atoms with Crippen LogP contribution in [-0.4, -0.2) is 4.98 Å². The standard InChI is InChI=1S/C12H12Cl2N2/c1-7-3-2-4-8-9(5-7)10(6-15)12(14)16-11(8)13/h7H,2-5H2,1H3. The first kappa shape index (κ1) is 11.7. The van der Waals surface area contributed by atoms with E-state index < -0.39 is 0 Å². The van der Waals surface area contributed by atoms with E-state index in [-0.39, 0.29) is 5.15 Å². The summed E-state index contributed by atoms with van der Waals surface area (Å²) < 4.78 is 0. The Balaban J connectivity index is 2.63. The maximum Gasteiger partial charge on any atom is 0.148 e. The molecule has 0 saturated carbocycles. The molecule has 4 heteroatoms. The molecule has 0 bridgehead atoms. The predicted octanol–water partition coefficient (Wildman–Crippen LogP) is 3.77. The van der Waals surface area contributed by atoms with Crippen LogP contribution < -0.4 is 0 Å². The first-order valence-corrected chi connectivity index (χ1v) is 6.16. The monoisotopic (exact) mass is 254 g/mol. The normalized spacial score (nSPS) is 19.8. The van der Waals surface area contributed by atoms with Gasteiger partial charge in [-0.05, 0) is 36.3 Å². The summed E-state index contributed by atoms with van der Waals surface area (Å²) in [4.78, 5) is 4.03. The molecule has 0 fully saturated rings. The Bertz CT molecular complexity index is 463. The first-order valence-electron chi connectivity index (χ1n) is 5.40. The second-order valence-corrected chi connectivity index (χ2v) is 5.05. The summed E-state index contributed by atoms with van der Waals surface area (Å²) in [7, 11) is 0. The molecule has 1 aliphatic carbocycles. The third-order valence-corrected chi connectivity index (χ3v) is 3.69. The lowest BCUT2D eigenvalue weighted by Crippen LogP contribution is -2.03. The third-order valence-electron chi connectivity index (χ3n) is 3.11. The van der Waals surface area contributed by atoms with Gasteiger partial charge in [-0.3, -0.25) is 0 Å². The van der Waals surface area contributed by atoms with Crippen molar-refractivity contribution in [2.45, 2.75) is 32.6 Å². The average Bonchev–Trinajstić information content (AvgIpc) is 2.40. The molecule has 0 aromatic carbocycles. The molecule has 1 heterocycles. The summed E-state index contributed by atoms with van der Waals surface area (Å²) in [5.41, 5.74) is 2.54. The quantitative estimate of drug-likeness (QED) is 0.522. The van der Waals surface area contributed by atoms with Gasteiger partial charge in [-0.15, -0.1) is 0 Å². The number of rotatable bonds is 0. The van der Waals surface area contributed by atoms with Crippen molar-refractivity contribution in [3.63, 3.8) is 0 Å². The summed E-state index contributed by atoms with van der Waals surface area (Å²) in [6.07, 6.45) is 4.03. The molecule has 0 saturated heterocycles. The van der Waals surface area contributed by atoms with Gasteiger partial charge in [0.25, 0.3) is 0 Å². The van der Waals surface area contributed by atoms with Crippen molar-refractivity contribution >= 4 is 23.2 Å². The van der Waals surface area contributed by atoms with E-state index in [4.69, 9.17) is 28.5 Å². The lowest BCUT2D eigenvalue weighted by atomic mass is 9.96. The lowest BCUT2D eigenvalue weighted by molar-refractivity contribution is 0.526. The van der Waals surface area contributed by atoms with Gasteiger partial charge >= 0.3 is 0 Å². The number of hydrogen-bond donors (Lipinski definition) is 0. The van der Waals surface area contributed by atoms with Gasteiger partial charge in [0.2, 0.25) is 0 Å². The maximum absolute atomic E-state index is 9.13. The molecule has 0 aliphatic heterocycles. The minimum atomic E-state index is 0.236. The van der Waals surface area contributed by atoms with Crippen molar-refractivity contribution in [3.8, 4) is 6.07 Å². The van der Waals surface area contributed by atoms with E-state index in [0.29, 0.717) is 16.6 Å². The first-order chi connectivity index (χ1) is 7.63. The summed E-state index contributed by atoms with van der Waals surface area (Å²) in [6.45, 7) is 2.19. The SMILES string of the molecule is CC1CCCc2c(Cl)nc(Cl)c(C#N)c2C1. The smallest absolute Gasteiger partial charge is 0.148 e. The second-order valence-electron chi connectivity index (χ2n) is 4.34. The Morgan fingerprint density at radius 1 is 1.31 bits per heavy atom. The highest BCUT2D eigenvalue weighted by molar-refractivity contribution is 6.33. The molecule has 0 N–H and O–H groups in total. The van der Waals surface area contributed by atoms with E-state index >= 15 is 0 Å². The minimum absolute atomic E-state index is 0.236. The third kappa shape index (κ3) is 2.03. The molecular weight excluding hydrogens is 243 g/mol. The van der Waals surface area contributed by atoms with Gasteiger partial charge in [-0.25, -0.2) is 4.98 Å². The zero-order chi connectivity index (χ0) is 11.7. The molecule has 16 heavy (non-hydrogen) atoms. The average molecular weight is 255 g/mol. The Labute approximate surface area is 105 Å². The number of nitriles is 1. The van der Waals surface area contributed by atoms with Gasteiger partial charge < -0.3 is 0 Å². The maximum atomic E-state index is 9.13. The Hall–Kier alpha value is -0.780. The number of halogens is 2. The van der Waals surface area contributed by atoms with Gasteiger partial charge in [-0.1, -0.05) is 36.5 Å². The molecule has 1 unspecified atom stereocenters. The van der Waals surface area contributed by atoms with E-state index in [1.807, 2.05) is 0 Å². The van der Waals surface area contributed by atoms with Gasteiger partial charge in [-0.2, -0.15) is 5.26 Å². The molecule has 2 rings (SSSR count). The summed E-state index contributed by atoms with van der Waals surface area (Å²) in [6, 6.07) is 2.15. The van der Waals surface area contributed by atoms with Crippen molar-refractivity contribution in [2.24, 2.45) is 5.92 Å². The van der Waals surface area contributed by atoms with Crippen molar-refractivity contribution in [1.29, 1.82) is 5.26 Å². The highest BCUT2D eigenvalue weighted by atomic mass is 35.5. The van der Waals surface area contributed by atoms with E-state index in [1.54, 1.807) is 0 Å². The van der Waals surface area contributed by atoms with Gasteiger partial charge in [0.1, 0.15) is 16.4 Å². The van der Waals surface area contributed by atoms with Crippen LogP contribution in [-0.2, 0) is 12.8 Å². The summed E-state index contributed by atoms with van der Waals surface area (Å²) in [5.74, 6) is 0.572. The molecule has 0 amide bonds. The Kier molecular flexibility index (Phi) is 3.37. The Morgan fingerprint density at radius 2 is 2.06 bits per heavy atom. The Morgan fingerprint density at radius 3 is 2.75 bits per heavy atom. The van der Waals surface area contributed by atoms with E-state index in [2.05, 4.69) is 18.0 Å². The lowest BCUT2D eigenvalue weighted by Gasteiger charge is -2.12. The van der Waals surface area contributed by atoms with Crippen molar-refractivity contribution < 1.29 is 0 Å². The summed E-state index contributed by atoms with van der Waals surface area (Å²) in [5, 5.41) is 9.83. The molecule has 2 nitrogen and oxygen atoms in total. The van der Waals surface area contributed by atoms with Crippen LogP contribution in [0.15, 0.2) is 0 Å². The van der Waals surface area contributed by atoms with E-state index in [9.17, 15) is 0 Å². The van der Waals surface area contributed by atoms with Crippen LogP contribution >= 0.6 is 23.2 Å². The zero-order valence-electron chi connectivity index (χ0n) is 9.06. The number of pyridine rings is 1. The van der Waals surface area contributed by atoms with Crippen LogP contribution in [0, 0.1) is 17.2 Å². The number of hydrogen-bond acceptors (Lipinski definition) is 2. The molecule has 0 spiro atoms. The number of fused-ring (bicyclic) bond motifs is 1. The van der Waals surface area contributed by atoms with Crippen molar-refractivity contribution in [1.82, 2.24) is 4.98 Å². The van der Waals surface area contributed by atoms with Gasteiger partial charge in [0.15, 0.2) is 0 Å². The molecule has 84 valence electrons.